The Hall–Kier alpha value is -1.61. The Morgan fingerprint density at radius 1 is 1.31 bits per heavy atom. The van der Waals surface area contributed by atoms with Gasteiger partial charge in [0.05, 0.1) is 12.2 Å². The van der Waals surface area contributed by atoms with Crippen molar-refractivity contribution in [1.82, 2.24) is 9.55 Å². The van der Waals surface area contributed by atoms with Gasteiger partial charge in [-0.15, -0.1) is 0 Å². The highest BCUT2D eigenvalue weighted by Gasteiger charge is 1.98. The van der Waals surface area contributed by atoms with E-state index < -0.39 is 0 Å². The van der Waals surface area contributed by atoms with Crippen LogP contribution in [0.2, 0.25) is 0 Å². The van der Waals surface area contributed by atoms with Crippen LogP contribution in [0.5, 0.6) is 0 Å². The Kier molecular flexibility index (Phi) is 3.37. The number of pyridine rings is 1. The van der Waals surface area contributed by atoms with Gasteiger partial charge < -0.3 is 10.3 Å². The van der Waals surface area contributed by atoms with E-state index in [1.54, 1.807) is 0 Å². The first-order valence-electron chi connectivity index (χ1n) is 5.55. The normalized spacial score (nSPS) is 10.6. The lowest BCUT2D eigenvalue weighted by molar-refractivity contribution is 0.772. The van der Waals surface area contributed by atoms with E-state index in [1.807, 2.05) is 19.1 Å². The predicted molar refractivity (Wildman–Crippen MR) is 65.3 cm³/mol. The summed E-state index contributed by atoms with van der Waals surface area (Å²) in [4.78, 5) is 4.48. The molecule has 0 spiro atoms. The van der Waals surface area contributed by atoms with Crippen LogP contribution >= 0.6 is 0 Å². The molecule has 2 N–H and O–H groups in total. The van der Waals surface area contributed by atoms with Crippen molar-refractivity contribution in [3.63, 3.8) is 0 Å². The third kappa shape index (κ3) is 2.70. The fourth-order valence-corrected chi connectivity index (χ4v) is 1.78. The quantitative estimate of drug-likeness (QED) is 0.844. The molecule has 0 atom stereocenters. The molecule has 0 unspecified atom stereocenters. The molecule has 2 heterocycles. The second-order valence-electron chi connectivity index (χ2n) is 4.00. The molecule has 0 aromatic carbocycles. The highest BCUT2D eigenvalue weighted by atomic mass is 15.0. The lowest BCUT2D eigenvalue weighted by atomic mass is 10.2. The van der Waals surface area contributed by atoms with Crippen molar-refractivity contribution in [2.24, 2.45) is 5.73 Å². The minimum absolute atomic E-state index is 0.701. The Morgan fingerprint density at radius 2 is 2.19 bits per heavy atom. The number of aromatic nitrogens is 2. The van der Waals surface area contributed by atoms with Gasteiger partial charge >= 0.3 is 0 Å². The van der Waals surface area contributed by atoms with Crippen LogP contribution in [0.15, 0.2) is 36.7 Å². The van der Waals surface area contributed by atoms with Crippen LogP contribution in [0.25, 0.3) is 0 Å². The maximum atomic E-state index is 5.52. The van der Waals surface area contributed by atoms with Gasteiger partial charge in [-0.2, -0.15) is 0 Å². The summed E-state index contributed by atoms with van der Waals surface area (Å²) >= 11 is 0. The molecule has 0 aliphatic carbocycles. The molecule has 0 saturated carbocycles. The van der Waals surface area contributed by atoms with Gasteiger partial charge in [-0.05, 0) is 43.7 Å². The number of nitrogens with two attached hydrogens (primary N) is 1. The van der Waals surface area contributed by atoms with Crippen LogP contribution in [0.3, 0.4) is 0 Å². The summed E-state index contributed by atoms with van der Waals surface area (Å²) in [6.45, 7) is 3.54. The van der Waals surface area contributed by atoms with Gasteiger partial charge in [0.1, 0.15) is 0 Å². The Morgan fingerprint density at radius 3 is 2.94 bits per heavy atom. The minimum atomic E-state index is 0.701. The zero-order valence-corrected chi connectivity index (χ0v) is 9.56. The maximum Gasteiger partial charge on any atom is 0.0642 e. The van der Waals surface area contributed by atoms with Gasteiger partial charge in [-0.3, -0.25) is 4.98 Å². The zero-order valence-electron chi connectivity index (χ0n) is 9.56. The molecule has 3 nitrogen and oxygen atoms in total. The second-order valence-corrected chi connectivity index (χ2v) is 4.00. The van der Waals surface area contributed by atoms with Crippen molar-refractivity contribution < 1.29 is 0 Å². The van der Waals surface area contributed by atoms with E-state index >= 15 is 0 Å². The Balaban J connectivity index is 2.08. The van der Waals surface area contributed by atoms with Crippen LogP contribution in [0.4, 0.5) is 0 Å². The van der Waals surface area contributed by atoms with Crippen LogP contribution in [-0.2, 0) is 13.0 Å². The number of hydrogen-bond acceptors (Lipinski definition) is 2. The summed E-state index contributed by atoms with van der Waals surface area (Å²) in [5.74, 6) is 0. The fraction of sp³-hybridized carbons (Fsp3) is 0.308. The third-order valence-corrected chi connectivity index (χ3v) is 2.54. The van der Waals surface area contributed by atoms with E-state index in [0.29, 0.717) is 6.54 Å². The first-order chi connectivity index (χ1) is 7.78. The summed E-state index contributed by atoms with van der Waals surface area (Å²) in [6, 6.07) is 8.22. The topological polar surface area (TPSA) is 43.8 Å². The average Bonchev–Trinajstić information content (AvgIpc) is 2.66. The van der Waals surface area contributed by atoms with E-state index in [4.69, 9.17) is 5.73 Å². The van der Waals surface area contributed by atoms with Crippen molar-refractivity contribution in [2.75, 3.05) is 6.54 Å². The minimum Gasteiger partial charge on any atom is -0.348 e. The monoisotopic (exact) mass is 215 g/mol. The maximum absolute atomic E-state index is 5.52. The van der Waals surface area contributed by atoms with Crippen LogP contribution in [0.1, 0.15) is 17.0 Å². The van der Waals surface area contributed by atoms with Gasteiger partial charge in [-0.1, -0.05) is 6.07 Å². The average molecular weight is 215 g/mol. The summed E-state index contributed by atoms with van der Waals surface area (Å²) in [7, 11) is 0. The van der Waals surface area contributed by atoms with Crippen molar-refractivity contribution in [1.29, 1.82) is 0 Å². The largest absolute Gasteiger partial charge is 0.348 e. The molecule has 0 aliphatic rings. The van der Waals surface area contributed by atoms with E-state index in [1.165, 1.54) is 5.56 Å². The molecule has 2 aromatic heterocycles. The molecule has 0 radical (unpaired) electrons. The molecular weight excluding hydrogens is 198 g/mol. The molecule has 16 heavy (non-hydrogen) atoms. The standard InChI is InChI=1S/C13H17N3/c1-11-3-2-4-13(15-11)10-16-8-6-12(9-16)5-7-14/h2-4,6,8-9H,5,7,10,14H2,1H3. The predicted octanol–water partition coefficient (Wildman–Crippen LogP) is 1.74. The number of nitrogens with zero attached hydrogens (tertiary/aromatic N) is 2. The van der Waals surface area contributed by atoms with E-state index in [9.17, 15) is 0 Å². The number of hydrogen-bond donors (Lipinski definition) is 1. The van der Waals surface area contributed by atoms with Crippen LogP contribution < -0.4 is 5.73 Å². The molecule has 84 valence electrons. The van der Waals surface area contributed by atoms with Crippen LogP contribution in [-0.4, -0.2) is 16.1 Å². The molecule has 3 heteroatoms. The van der Waals surface area contributed by atoms with Crippen molar-refractivity contribution in [3.8, 4) is 0 Å². The molecule has 2 rings (SSSR count). The Labute approximate surface area is 95.9 Å². The first-order valence-corrected chi connectivity index (χ1v) is 5.55. The summed E-state index contributed by atoms with van der Waals surface area (Å²) in [5, 5.41) is 0. The zero-order chi connectivity index (χ0) is 11.4. The van der Waals surface area contributed by atoms with Crippen LogP contribution in [0, 0.1) is 6.92 Å². The first kappa shape index (κ1) is 10.9. The summed E-state index contributed by atoms with van der Waals surface area (Å²) in [6.07, 6.45) is 5.15. The molecule has 0 fully saturated rings. The van der Waals surface area contributed by atoms with E-state index in [-0.39, 0.29) is 0 Å². The van der Waals surface area contributed by atoms with E-state index in [0.717, 1.165) is 24.4 Å². The third-order valence-electron chi connectivity index (χ3n) is 2.54. The van der Waals surface area contributed by atoms with Crippen molar-refractivity contribution in [2.45, 2.75) is 19.9 Å². The second kappa shape index (κ2) is 4.94. The molecule has 0 amide bonds. The molecule has 0 bridgehead atoms. The van der Waals surface area contributed by atoms with Gasteiger partial charge in [0.25, 0.3) is 0 Å². The molecular formula is C13H17N3. The van der Waals surface area contributed by atoms with Crippen molar-refractivity contribution >= 4 is 0 Å². The Bertz CT molecular complexity index is 460. The summed E-state index contributed by atoms with van der Waals surface area (Å²) < 4.78 is 2.15. The molecule has 0 saturated heterocycles. The lowest BCUT2D eigenvalue weighted by Crippen LogP contribution is -2.02. The fourth-order valence-electron chi connectivity index (χ4n) is 1.78. The molecule has 2 aromatic rings. The number of rotatable bonds is 4. The van der Waals surface area contributed by atoms with Gasteiger partial charge in [-0.25, -0.2) is 0 Å². The highest BCUT2D eigenvalue weighted by molar-refractivity contribution is 5.14. The van der Waals surface area contributed by atoms with Gasteiger partial charge in [0, 0.05) is 18.1 Å². The SMILES string of the molecule is Cc1cccc(Cn2ccc(CCN)c2)n1. The van der Waals surface area contributed by atoms with Gasteiger partial charge in [0.15, 0.2) is 0 Å². The van der Waals surface area contributed by atoms with E-state index in [2.05, 4.69) is 34.1 Å². The van der Waals surface area contributed by atoms with Crippen molar-refractivity contribution in [3.05, 3.63) is 53.6 Å². The number of aryl methyl sites for hydroxylation is 1. The summed E-state index contributed by atoms with van der Waals surface area (Å²) in [5.41, 5.74) is 8.96. The lowest BCUT2D eigenvalue weighted by Gasteiger charge is -2.03. The smallest absolute Gasteiger partial charge is 0.0642 e. The van der Waals surface area contributed by atoms with Gasteiger partial charge in [0.2, 0.25) is 0 Å². The highest BCUT2D eigenvalue weighted by Crippen LogP contribution is 2.05. The molecule has 0 aliphatic heterocycles.